The summed E-state index contributed by atoms with van der Waals surface area (Å²) < 4.78 is 5.33. The average Bonchev–Trinajstić information content (AvgIpc) is 3.37. The molecule has 26 heavy (non-hydrogen) atoms. The molecule has 0 bridgehead atoms. The van der Waals surface area contributed by atoms with Crippen LogP contribution >= 0.6 is 0 Å². The summed E-state index contributed by atoms with van der Waals surface area (Å²) in [6.07, 6.45) is 5.01. The zero-order valence-corrected chi connectivity index (χ0v) is 15.5. The van der Waals surface area contributed by atoms with Gasteiger partial charge in [-0.3, -0.25) is 5.43 Å². The van der Waals surface area contributed by atoms with Gasteiger partial charge in [-0.1, -0.05) is 55.3 Å². The second-order valence-electron chi connectivity index (χ2n) is 7.57. The molecule has 2 unspecified atom stereocenters. The Morgan fingerprint density at radius 2 is 1.77 bits per heavy atom. The van der Waals surface area contributed by atoms with E-state index in [2.05, 4.69) is 70.8 Å². The molecular weight excluding hydrogens is 322 g/mol. The summed E-state index contributed by atoms with van der Waals surface area (Å²) >= 11 is 0. The zero-order valence-electron chi connectivity index (χ0n) is 15.5. The lowest BCUT2D eigenvalue weighted by Gasteiger charge is -2.33. The SMILES string of the molecule is COc1ccc(C2(NCC3CNNC3c3ccccc3)CCCC2)cc1. The Morgan fingerprint density at radius 1 is 1.04 bits per heavy atom. The van der Waals surface area contributed by atoms with Crippen molar-refractivity contribution < 1.29 is 4.74 Å². The largest absolute Gasteiger partial charge is 0.497 e. The van der Waals surface area contributed by atoms with Crippen LogP contribution in [0, 0.1) is 5.92 Å². The van der Waals surface area contributed by atoms with E-state index in [1.807, 2.05) is 0 Å². The third-order valence-corrected chi connectivity index (χ3v) is 6.05. The molecule has 1 aliphatic carbocycles. The molecule has 138 valence electrons. The van der Waals surface area contributed by atoms with Crippen LogP contribution in [0.1, 0.15) is 42.9 Å². The highest BCUT2D eigenvalue weighted by Gasteiger charge is 2.37. The molecule has 2 atom stereocenters. The summed E-state index contributed by atoms with van der Waals surface area (Å²) in [5.74, 6) is 1.46. The molecule has 3 N–H and O–H groups in total. The summed E-state index contributed by atoms with van der Waals surface area (Å²) in [6.45, 7) is 2.00. The number of hydrogen-bond donors (Lipinski definition) is 3. The minimum Gasteiger partial charge on any atom is -0.497 e. The van der Waals surface area contributed by atoms with Crippen molar-refractivity contribution in [2.45, 2.75) is 37.3 Å². The lowest BCUT2D eigenvalue weighted by Crippen LogP contribution is -2.43. The molecule has 4 nitrogen and oxygen atoms in total. The molecule has 0 radical (unpaired) electrons. The van der Waals surface area contributed by atoms with Crippen LogP contribution in [0.15, 0.2) is 54.6 Å². The van der Waals surface area contributed by atoms with Crippen molar-refractivity contribution in [1.29, 1.82) is 0 Å². The van der Waals surface area contributed by atoms with E-state index < -0.39 is 0 Å². The molecule has 2 aromatic carbocycles. The first-order chi connectivity index (χ1) is 12.8. The van der Waals surface area contributed by atoms with Crippen molar-refractivity contribution >= 4 is 0 Å². The van der Waals surface area contributed by atoms with Crippen molar-refractivity contribution in [2.24, 2.45) is 5.92 Å². The summed E-state index contributed by atoms with van der Waals surface area (Å²) in [5.41, 5.74) is 9.67. The van der Waals surface area contributed by atoms with E-state index in [1.54, 1.807) is 7.11 Å². The second-order valence-corrected chi connectivity index (χ2v) is 7.57. The van der Waals surface area contributed by atoms with Gasteiger partial charge < -0.3 is 10.1 Å². The summed E-state index contributed by atoms with van der Waals surface area (Å²) in [4.78, 5) is 0. The van der Waals surface area contributed by atoms with Gasteiger partial charge in [0.15, 0.2) is 0 Å². The predicted molar refractivity (Wildman–Crippen MR) is 105 cm³/mol. The molecule has 2 aromatic rings. The first-order valence-electron chi connectivity index (χ1n) is 9.74. The average molecular weight is 351 g/mol. The normalized spacial score (nSPS) is 24.7. The van der Waals surface area contributed by atoms with E-state index in [0.29, 0.717) is 12.0 Å². The van der Waals surface area contributed by atoms with Crippen LogP contribution in [0.5, 0.6) is 5.75 Å². The molecular formula is C22H29N3O. The Balaban J connectivity index is 1.48. The molecule has 2 aliphatic rings. The molecule has 1 saturated heterocycles. The van der Waals surface area contributed by atoms with E-state index in [4.69, 9.17) is 4.74 Å². The van der Waals surface area contributed by atoms with Gasteiger partial charge in [-0.15, -0.1) is 0 Å². The highest BCUT2D eigenvalue weighted by Crippen LogP contribution is 2.40. The van der Waals surface area contributed by atoms with E-state index in [0.717, 1.165) is 18.8 Å². The molecule has 1 aliphatic heterocycles. The second kappa shape index (κ2) is 7.78. The molecule has 0 amide bonds. The van der Waals surface area contributed by atoms with Gasteiger partial charge in [0, 0.05) is 24.5 Å². The Morgan fingerprint density at radius 3 is 2.46 bits per heavy atom. The number of hydrogen-bond acceptors (Lipinski definition) is 4. The Kier molecular flexibility index (Phi) is 5.25. The number of rotatable bonds is 6. The van der Waals surface area contributed by atoms with Gasteiger partial charge in [-0.2, -0.15) is 0 Å². The van der Waals surface area contributed by atoms with E-state index in [9.17, 15) is 0 Å². The van der Waals surface area contributed by atoms with Crippen LogP contribution in [-0.4, -0.2) is 20.2 Å². The van der Waals surface area contributed by atoms with Crippen molar-refractivity contribution in [3.8, 4) is 5.75 Å². The van der Waals surface area contributed by atoms with Crippen LogP contribution in [0.2, 0.25) is 0 Å². The number of hydrazine groups is 1. The fourth-order valence-electron chi connectivity index (χ4n) is 4.52. The van der Waals surface area contributed by atoms with E-state index in [-0.39, 0.29) is 5.54 Å². The first kappa shape index (κ1) is 17.5. The fourth-order valence-corrected chi connectivity index (χ4v) is 4.52. The third-order valence-electron chi connectivity index (χ3n) is 6.05. The Labute approximate surface area is 156 Å². The molecule has 1 heterocycles. The van der Waals surface area contributed by atoms with Crippen molar-refractivity contribution in [3.63, 3.8) is 0 Å². The number of methoxy groups -OCH3 is 1. The monoisotopic (exact) mass is 351 g/mol. The summed E-state index contributed by atoms with van der Waals surface area (Å²) in [6, 6.07) is 19.7. The van der Waals surface area contributed by atoms with Crippen LogP contribution in [-0.2, 0) is 5.54 Å². The third kappa shape index (κ3) is 3.50. The molecule has 2 fully saturated rings. The predicted octanol–water partition coefficient (Wildman–Crippen LogP) is 3.52. The molecule has 1 saturated carbocycles. The minimum absolute atomic E-state index is 0.107. The first-order valence-corrected chi connectivity index (χ1v) is 9.74. The maximum absolute atomic E-state index is 5.33. The molecule has 4 heteroatoms. The van der Waals surface area contributed by atoms with Crippen molar-refractivity contribution in [1.82, 2.24) is 16.2 Å². The fraction of sp³-hybridized carbons (Fsp3) is 0.455. The van der Waals surface area contributed by atoms with Gasteiger partial charge in [0.2, 0.25) is 0 Å². The van der Waals surface area contributed by atoms with Crippen LogP contribution < -0.4 is 20.9 Å². The Bertz CT molecular complexity index is 695. The lowest BCUT2D eigenvalue weighted by atomic mass is 9.86. The molecule has 0 aromatic heterocycles. The van der Waals surface area contributed by atoms with Crippen LogP contribution in [0.4, 0.5) is 0 Å². The van der Waals surface area contributed by atoms with E-state index >= 15 is 0 Å². The van der Waals surface area contributed by atoms with E-state index in [1.165, 1.54) is 36.8 Å². The van der Waals surface area contributed by atoms with Crippen molar-refractivity contribution in [3.05, 3.63) is 65.7 Å². The molecule has 0 spiro atoms. The molecule has 4 rings (SSSR count). The van der Waals surface area contributed by atoms with Gasteiger partial charge >= 0.3 is 0 Å². The number of nitrogens with one attached hydrogen (secondary N) is 3. The highest BCUT2D eigenvalue weighted by molar-refractivity contribution is 5.33. The lowest BCUT2D eigenvalue weighted by molar-refractivity contribution is 0.303. The number of ether oxygens (including phenoxy) is 1. The van der Waals surface area contributed by atoms with Crippen LogP contribution in [0.3, 0.4) is 0 Å². The van der Waals surface area contributed by atoms with Crippen molar-refractivity contribution in [2.75, 3.05) is 20.2 Å². The Hall–Kier alpha value is -1.88. The van der Waals surface area contributed by atoms with Gasteiger partial charge in [-0.05, 0) is 36.1 Å². The van der Waals surface area contributed by atoms with Gasteiger partial charge in [0.1, 0.15) is 5.75 Å². The standard InChI is InChI=1S/C22H29N3O/c1-26-20-11-9-19(10-12-20)22(13-5-6-14-22)23-15-18-16-24-25-21(18)17-7-3-2-4-8-17/h2-4,7-12,18,21,23-25H,5-6,13-16H2,1H3. The zero-order chi connectivity index (χ0) is 17.8. The van der Waals surface area contributed by atoms with Gasteiger partial charge in [0.25, 0.3) is 0 Å². The maximum atomic E-state index is 5.33. The minimum atomic E-state index is 0.107. The topological polar surface area (TPSA) is 45.3 Å². The van der Waals surface area contributed by atoms with Gasteiger partial charge in [0.05, 0.1) is 13.2 Å². The highest BCUT2D eigenvalue weighted by atomic mass is 16.5. The van der Waals surface area contributed by atoms with Crippen LogP contribution in [0.25, 0.3) is 0 Å². The summed E-state index contributed by atoms with van der Waals surface area (Å²) in [5, 5.41) is 3.97. The summed E-state index contributed by atoms with van der Waals surface area (Å²) in [7, 11) is 1.72. The number of benzene rings is 2. The smallest absolute Gasteiger partial charge is 0.118 e. The maximum Gasteiger partial charge on any atom is 0.118 e. The van der Waals surface area contributed by atoms with Gasteiger partial charge in [-0.25, -0.2) is 5.43 Å². The quantitative estimate of drug-likeness (QED) is 0.745.